The van der Waals surface area contributed by atoms with Gasteiger partial charge >= 0.3 is 0 Å². The minimum absolute atomic E-state index is 0.0440. The second-order valence-electron chi connectivity index (χ2n) is 6.26. The third-order valence-corrected chi connectivity index (χ3v) is 5.64. The second kappa shape index (κ2) is 9.35. The van der Waals surface area contributed by atoms with E-state index in [2.05, 4.69) is 10.3 Å². The Morgan fingerprint density at radius 3 is 2.69 bits per heavy atom. The number of amides is 2. The van der Waals surface area contributed by atoms with E-state index in [0.717, 1.165) is 0 Å². The van der Waals surface area contributed by atoms with Gasteiger partial charge in [0.2, 0.25) is 11.8 Å². The second-order valence-corrected chi connectivity index (χ2v) is 7.93. The zero-order valence-corrected chi connectivity index (χ0v) is 17.6. The summed E-state index contributed by atoms with van der Waals surface area (Å²) in [5, 5.41) is 5.76. The normalized spacial score (nSPS) is 10.6. The third-order valence-electron chi connectivity index (χ3n) is 3.97. The topological polar surface area (TPSA) is 62.3 Å². The summed E-state index contributed by atoms with van der Waals surface area (Å²) < 4.78 is 13.4. The number of likely N-dealkylation sites (N-methyl/N-ethyl adjacent to an activating group) is 1. The van der Waals surface area contributed by atoms with Crippen molar-refractivity contribution in [1.82, 2.24) is 9.88 Å². The van der Waals surface area contributed by atoms with E-state index in [9.17, 15) is 14.0 Å². The van der Waals surface area contributed by atoms with Crippen molar-refractivity contribution in [2.24, 2.45) is 0 Å². The van der Waals surface area contributed by atoms with Crippen LogP contribution in [0.4, 0.5) is 10.1 Å². The highest BCUT2D eigenvalue weighted by atomic mass is 35.5. The van der Waals surface area contributed by atoms with Gasteiger partial charge in [0, 0.05) is 23.7 Å². The number of nitrogens with zero attached hydrogens (tertiary/aromatic N) is 2. The zero-order valence-electron chi connectivity index (χ0n) is 15.3. The average molecular weight is 452 g/mol. The summed E-state index contributed by atoms with van der Waals surface area (Å²) in [7, 11) is 1.54. The number of benzene rings is 2. The van der Waals surface area contributed by atoms with Gasteiger partial charge in [-0.3, -0.25) is 9.59 Å². The van der Waals surface area contributed by atoms with Gasteiger partial charge in [0.1, 0.15) is 10.8 Å². The number of aromatic nitrogens is 1. The van der Waals surface area contributed by atoms with E-state index in [0.29, 0.717) is 32.0 Å². The molecule has 0 saturated carbocycles. The molecule has 2 amide bonds. The van der Waals surface area contributed by atoms with E-state index in [1.54, 1.807) is 29.6 Å². The molecule has 9 heteroatoms. The van der Waals surface area contributed by atoms with Gasteiger partial charge in [0.25, 0.3) is 0 Å². The van der Waals surface area contributed by atoms with E-state index < -0.39 is 0 Å². The SMILES string of the molecule is CN(CC(=O)Nc1ccc(Cl)c(Cl)c1)C(=O)Cc1csc(-c2cccc(F)c2)n1. The summed E-state index contributed by atoms with van der Waals surface area (Å²) in [4.78, 5) is 30.3. The van der Waals surface area contributed by atoms with Crippen LogP contribution in [0, 0.1) is 5.82 Å². The molecule has 1 aromatic heterocycles. The molecule has 1 N–H and O–H groups in total. The van der Waals surface area contributed by atoms with Gasteiger partial charge in [-0.1, -0.05) is 35.3 Å². The first kappa shape index (κ1) is 21.2. The number of thiazole rings is 1. The maximum atomic E-state index is 13.4. The molecule has 0 aliphatic heterocycles. The molecule has 0 radical (unpaired) electrons. The molecule has 0 aliphatic rings. The Hall–Kier alpha value is -2.48. The lowest BCUT2D eigenvalue weighted by molar-refractivity contribution is -0.132. The predicted octanol–water partition coefficient (Wildman–Crippen LogP) is 4.90. The van der Waals surface area contributed by atoms with Crippen LogP contribution in [0.15, 0.2) is 47.8 Å². The standard InChI is InChI=1S/C20H16Cl2FN3O2S/c1-26(10-18(27)24-14-5-6-16(21)17(22)8-14)19(28)9-15-11-29-20(25-15)12-3-2-4-13(23)7-12/h2-8,11H,9-10H2,1H3,(H,24,27). The van der Waals surface area contributed by atoms with Crippen LogP contribution in [-0.4, -0.2) is 35.3 Å². The molecule has 0 fully saturated rings. The molecular formula is C20H16Cl2FN3O2S. The number of carbonyl (C=O) groups excluding carboxylic acids is 2. The molecule has 0 atom stereocenters. The van der Waals surface area contributed by atoms with E-state index in [1.807, 2.05) is 0 Å². The molecule has 3 aromatic rings. The molecule has 3 rings (SSSR count). The van der Waals surface area contributed by atoms with Crippen LogP contribution in [0.1, 0.15) is 5.69 Å². The number of hydrogen-bond donors (Lipinski definition) is 1. The largest absolute Gasteiger partial charge is 0.336 e. The third kappa shape index (κ3) is 5.76. The Balaban J connectivity index is 1.56. The summed E-state index contributed by atoms with van der Waals surface area (Å²) >= 11 is 13.1. The van der Waals surface area contributed by atoms with Gasteiger partial charge in [-0.25, -0.2) is 9.37 Å². The maximum Gasteiger partial charge on any atom is 0.243 e. The lowest BCUT2D eigenvalue weighted by Crippen LogP contribution is -2.35. The first-order chi connectivity index (χ1) is 13.8. The minimum Gasteiger partial charge on any atom is -0.336 e. The first-order valence-corrected chi connectivity index (χ1v) is 10.1. The number of anilines is 1. The monoisotopic (exact) mass is 451 g/mol. The molecule has 0 bridgehead atoms. The Morgan fingerprint density at radius 2 is 1.97 bits per heavy atom. The van der Waals surface area contributed by atoms with Crippen LogP contribution in [0.2, 0.25) is 10.0 Å². The molecule has 0 saturated heterocycles. The summed E-state index contributed by atoms with van der Waals surface area (Å²) in [6.45, 7) is -0.125. The van der Waals surface area contributed by atoms with Crippen molar-refractivity contribution in [2.45, 2.75) is 6.42 Å². The summed E-state index contributed by atoms with van der Waals surface area (Å²) in [6, 6.07) is 10.9. The minimum atomic E-state index is -0.363. The van der Waals surface area contributed by atoms with Crippen LogP contribution in [0.25, 0.3) is 10.6 Å². The molecule has 0 spiro atoms. The fourth-order valence-electron chi connectivity index (χ4n) is 2.51. The molecule has 0 unspecified atom stereocenters. The zero-order chi connectivity index (χ0) is 21.0. The van der Waals surface area contributed by atoms with Gasteiger partial charge in [-0.2, -0.15) is 0 Å². The van der Waals surface area contributed by atoms with E-state index in [-0.39, 0.29) is 30.6 Å². The summed E-state index contributed by atoms with van der Waals surface area (Å²) in [6.07, 6.45) is 0.0440. The Kier molecular flexibility index (Phi) is 6.84. The van der Waals surface area contributed by atoms with E-state index in [4.69, 9.17) is 23.2 Å². The summed E-state index contributed by atoms with van der Waals surface area (Å²) in [5.41, 5.74) is 1.71. The van der Waals surface area contributed by atoms with Crippen LogP contribution in [0.5, 0.6) is 0 Å². The number of rotatable bonds is 6. The highest BCUT2D eigenvalue weighted by molar-refractivity contribution is 7.13. The van der Waals surface area contributed by atoms with Crippen LogP contribution in [0.3, 0.4) is 0 Å². The number of hydrogen-bond acceptors (Lipinski definition) is 4. The smallest absolute Gasteiger partial charge is 0.243 e. The van der Waals surface area contributed by atoms with Crippen molar-refractivity contribution in [1.29, 1.82) is 0 Å². The van der Waals surface area contributed by atoms with Crippen molar-refractivity contribution >= 4 is 52.0 Å². The first-order valence-electron chi connectivity index (χ1n) is 8.51. The van der Waals surface area contributed by atoms with Crippen LogP contribution < -0.4 is 5.32 Å². The highest BCUT2D eigenvalue weighted by Crippen LogP contribution is 2.25. The van der Waals surface area contributed by atoms with Crippen LogP contribution in [-0.2, 0) is 16.0 Å². The average Bonchev–Trinajstić information content (AvgIpc) is 3.13. The van der Waals surface area contributed by atoms with Crippen molar-refractivity contribution in [3.8, 4) is 10.6 Å². The van der Waals surface area contributed by atoms with Crippen molar-refractivity contribution in [3.05, 3.63) is 69.4 Å². The van der Waals surface area contributed by atoms with Crippen molar-refractivity contribution in [3.63, 3.8) is 0 Å². The Morgan fingerprint density at radius 1 is 1.17 bits per heavy atom. The molecule has 1 heterocycles. The van der Waals surface area contributed by atoms with Gasteiger partial charge in [0.05, 0.1) is 28.7 Å². The predicted molar refractivity (Wildman–Crippen MR) is 114 cm³/mol. The number of nitrogens with one attached hydrogen (secondary N) is 1. The van der Waals surface area contributed by atoms with Gasteiger partial charge < -0.3 is 10.2 Å². The lowest BCUT2D eigenvalue weighted by Gasteiger charge is -2.16. The quantitative estimate of drug-likeness (QED) is 0.579. The van der Waals surface area contributed by atoms with E-state index in [1.165, 1.54) is 41.5 Å². The molecule has 0 aliphatic carbocycles. The number of halogens is 3. The number of carbonyl (C=O) groups is 2. The lowest BCUT2D eigenvalue weighted by atomic mass is 10.2. The molecule has 150 valence electrons. The fraction of sp³-hybridized carbons (Fsp3) is 0.150. The maximum absolute atomic E-state index is 13.4. The van der Waals surface area contributed by atoms with E-state index >= 15 is 0 Å². The van der Waals surface area contributed by atoms with Crippen molar-refractivity contribution in [2.75, 3.05) is 18.9 Å². The van der Waals surface area contributed by atoms with Crippen molar-refractivity contribution < 1.29 is 14.0 Å². The van der Waals surface area contributed by atoms with Gasteiger partial charge in [0.15, 0.2) is 0 Å². The van der Waals surface area contributed by atoms with Gasteiger partial charge in [-0.05, 0) is 30.3 Å². The molecular weight excluding hydrogens is 436 g/mol. The van der Waals surface area contributed by atoms with Gasteiger partial charge in [-0.15, -0.1) is 11.3 Å². The van der Waals surface area contributed by atoms with Crippen LogP contribution >= 0.6 is 34.5 Å². The Bertz CT molecular complexity index is 1060. The highest BCUT2D eigenvalue weighted by Gasteiger charge is 2.16. The fourth-order valence-corrected chi connectivity index (χ4v) is 3.62. The molecule has 29 heavy (non-hydrogen) atoms. The summed E-state index contributed by atoms with van der Waals surface area (Å²) in [5.74, 6) is -0.966. The Labute approximate surface area is 181 Å². The molecule has 2 aromatic carbocycles. The molecule has 5 nitrogen and oxygen atoms in total.